The van der Waals surface area contributed by atoms with Crippen LogP contribution in [0.5, 0.6) is 5.75 Å². The molecule has 2 aromatic rings. The van der Waals surface area contributed by atoms with Crippen LogP contribution in [0.25, 0.3) is 11.1 Å². The van der Waals surface area contributed by atoms with Gasteiger partial charge in [-0.3, -0.25) is 0 Å². The van der Waals surface area contributed by atoms with Crippen molar-refractivity contribution in [2.75, 3.05) is 13.7 Å². The molecule has 0 heterocycles. The summed E-state index contributed by atoms with van der Waals surface area (Å²) in [7, 11) is 1.56. The number of hydrogen-bond donors (Lipinski definition) is 1. The monoisotopic (exact) mass is 343 g/mol. The highest BCUT2D eigenvalue weighted by atomic mass is 35.5. The fourth-order valence-electron chi connectivity index (χ4n) is 2.04. The van der Waals surface area contributed by atoms with Gasteiger partial charge in [-0.1, -0.05) is 47.8 Å². The molecule has 0 unspecified atom stereocenters. The van der Waals surface area contributed by atoms with Crippen LogP contribution in [0.4, 0.5) is 0 Å². The highest BCUT2D eigenvalue weighted by Gasteiger charge is 2.11. The smallest absolute Gasteiger partial charge is 0.138 e. The normalized spacial score (nSPS) is 10.7. The number of methoxy groups -OCH3 is 1. The van der Waals surface area contributed by atoms with Gasteiger partial charge in [-0.2, -0.15) is 0 Å². The summed E-state index contributed by atoms with van der Waals surface area (Å²) in [4.78, 5) is 0. The van der Waals surface area contributed by atoms with Gasteiger partial charge in [0.1, 0.15) is 5.75 Å². The van der Waals surface area contributed by atoms with Crippen molar-refractivity contribution in [3.8, 4) is 16.9 Å². The van der Waals surface area contributed by atoms with E-state index in [-0.39, 0.29) is 0 Å². The number of benzene rings is 2. The molecule has 5 heteroatoms. The third-order valence-electron chi connectivity index (χ3n) is 3.16. The molecule has 0 atom stereocenters. The van der Waals surface area contributed by atoms with E-state index in [1.165, 1.54) is 0 Å². The minimum Gasteiger partial charge on any atom is -0.495 e. The van der Waals surface area contributed by atoms with Crippen molar-refractivity contribution in [2.24, 2.45) is 0 Å². The van der Waals surface area contributed by atoms with Gasteiger partial charge in [0.2, 0.25) is 0 Å². The third-order valence-corrected chi connectivity index (χ3v) is 4.14. The second-order valence-corrected chi connectivity index (χ2v) is 5.77. The molecule has 0 amide bonds. The Kier molecular flexibility index (Phi) is 5.77. The molecular weight excluding hydrogens is 329 g/mol. The van der Waals surface area contributed by atoms with Crippen molar-refractivity contribution < 1.29 is 4.74 Å². The first kappa shape index (κ1) is 16.4. The Labute approximate surface area is 140 Å². The van der Waals surface area contributed by atoms with E-state index in [9.17, 15) is 0 Å². The van der Waals surface area contributed by atoms with E-state index in [0.29, 0.717) is 22.3 Å². The van der Waals surface area contributed by atoms with E-state index < -0.39 is 0 Å². The molecule has 2 nitrogen and oxygen atoms in total. The van der Waals surface area contributed by atoms with Gasteiger partial charge in [-0.25, -0.2) is 0 Å². The van der Waals surface area contributed by atoms with E-state index in [0.717, 1.165) is 28.3 Å². The van der Waals surface area contributed by atoms with E-state index in [4.69, 9.17) is 39.5 Å². The Balaban J connectivity index is 2.44. The standard InChI is InChI=1S/C16H16Cl3NO/c1-3-20-9-11-6-10(4-5-13(11)17)12-7-15(19)16(21-2)8-14(12)18/h4-8,20H,3,9H2,1-2H3. The van der Waals surface area contributed by atoms with Gasteiger partial charge in [-0.05, 0) is 35.9 Å². The molecule has 112 valence electrons. The van der Waals surface area contributed by atoms with Crippen LogP contribution < -0.4 is 10.1 Å². The van der Waals surface area contributed by atoms with E-state index in [2.05, 4.69) is 12.2 Å². The second-order valence-electron chi connectivity index (χ2n) is 4.55. The SMILES string of the molecule is CCNCc1cc(-c2cc(Cl)c(OC)cc2Cl)ccc1Cl. The molecule has 21 heavy (non-hydrogen) atoms. The van der Waals surface area contributed by atoms with Crippen molar-refractivity contribution in [1.82, 2.24) is 5.32 Å². The van der Waals surface area contributed by atoms with Gasteiger partial charge >= 0.3 is 0 Å². The topological polar surface area (TPSA) is 21.3 Å². The van der Waals surface area contributed by atoms with Crippen molar-refractivity contribution in [3.63, 3.8) is 0 Å². The van der Waals surface area contributed by atoms with Crippen LogP contribution >= 0.6 is 34.8 Å². The lowest BCUT2D eigenvalue weighted by molar-refractivity contribution is 0.415. The predicted molar refractivity (Wildman–Crippen MR) is 90.8 cm³/mol. The van der Waals surface area contributed by atoms with Gasteiger partial charge in [-0.15, -0.1) is 0 Å². The van der Waals surface area contributed by atoms with E-state index in [1.807, 2.05) is 24.3 Å². The van der Waals surface area contributed by atoms with Crippen LogP contribution in [0.2, 0.25) is 15.1 Å². The summed E-state index contributed by atoms with van der Waals surface area (Å²) in [5.41, 5.74) is 2.86. The van der Waals surface area contributed by atoms with Crippen molar-refractivity contribution in [1.29, 1.82) is 0 Å². The summed E-state index contributed by atoms with van der Waals surface area (Å²) in [6.07, 6.45) is 0. The highest BCUT2D eigenvalue weighted by Crippen LogP contribution is 2.37. The molecule has 0 aliphatic heterocycles. The molecule has 1 N–H and O–H groups in total. The number of halogens is 3. The fraction of sp³-hybridized carbons (Fsp3) is 0.250. The number of nitrogens with one attached hydrogen (secondary N) is 1. The maximum atomic E-state index is 6.32. The van der Waals surface area contributed by atoms with Crippen LogP contribution in [-0.2, 0) is 6.54 Å². The van der Waals surface area contributed by atoms with Crippen LogP contribution in [0.3, 0.4) is 0 Å². The highest BCUT2D eigenvalue weighted by molar-refractivity contribution is 6.36. The maximum Gasteiger partial charge on any atom is 0.138 e. The van der Waals surface area contributed by atoms with E-state index in [1.54, 1.807) is 13.2 Å². The quantitative estimate of drug-likeness (QED) is 0.780. The Morgan fingerprint density at radius 2 is 1.76 bits per heavy atom. The molecule has 0 aromatic heterocycles. The molecule has 2 rings (SSSR count). The minimum atomic E-state index is 0.528. The van der Waals surface area contributed by atoms with Gasteiger partial charge in [0.15, 0.2) is 0 Å². The van der Waals surface area contributed by atoms with Gasteiger partial charge in [0, 0.05) is 23.2 Å². The predicted octanol–water partition coefficient (Wildman–Crippen LogP) is 5.43. The summed E-state index contributed by atoms with van der Waals surface area (Å²) in [6, 6.07) is 9.36. The summed E-state index contributed by atoms with van der Waals surface area (Å²) in [6.45, 7) is 3.65. The molecule has 0 spiro atoms. The van der Waals surface area contributed by atoms with Crippen LogP contribution in [0.1, 0.15) is 12.5 Å². The summed E-state index contributed by atoms with van der Waals surface area (Å²) in [5, 5.41) is 5.12. The third kappa shape index (κ3) is 3.83. The van der Waals surface area contributed by atoms with Gasteiger partial charge < -0.3 is 10.1 Å². The Morgan fingerprint density at radius 3 is 2.43 bits per heavy atom. The Morgan fingerprint density at radius 1 is 1.00 bits per heavy atom. The summed E-state index contributed by atoms with van der Waals surface area (Å²) >= 11 is 18.7. The fourth-order valence-corrected chi connectivity index (χ4v) is 2.73. The molecule has 0 fully saturated rings. The van der Waals surface area contributed by atoms with Crippen LogP contribution in [-0.4, -0.2) is 13.7 Å². The number of hydrogen-bond acceptors (Lipinski definition) is 2. The molecule has 0 saturated carbocycles. The van der Waals surface area contributed by atoms with Crippen molar-refractivity contribution in [2.45, 2.75) is 13.5 Å². The average Bonchev–Trinajstić information content (AvgIpc) is 2.48. The second kappa shape index (κ2) is 7.37. The Bertz CT molecular complexity index is 644. The van der Waals surface area contributed by atoms with E-state index >= 15 is 0 Å². The molecule has 0 radical (unpaired) electrons. The Hall–Kier alpha value is -0.930. The van der Waals surface area contributed by atoms with Crippen LogP contribution in [0.15, 0.2) is 30.3 Å². The lowest BCUT2D eigenvalue weighted by Gasteiger charge is -2.12. The first-order valence-electron chi connectivity index (χ1n) is 6.59. The largest absolute Gasteiger partial charge is 0.495 e. The van der Waals surface area contributed by atoms with Crippen molar-refractivity contribution in [3.05, 3.63) is 51.0 Å². The molecule has 2 aromatic carbocycles. The zero-order valence-corrected chi connectivity index (χ0v) is 14.1. The van der Waals surface area contributed by atoms with Crippen molar-refractivity contribution >= 4 is 34.8 Å². The number of rotatable bonds is 5. The average molecular weight is 345 g/mol. The summed E-state index contributed by atoms with van der Waals surface area (Å²) in [5.74, 6) is 0.562. The molecule has 0 aliphatic rings. The van der Waals surface area contributed by atoms with Crippen LogP contribution in [0, 0.1) is 0 Å². The first-order chi connectivity index (χ1) is 10.1. The lowest BCUT2D eigenvalue weighted by atomic mass is 10.0. The zero-order chi connectivity index (χ0) is 15.4. The minimum absolute atomic E-state index is 0.528. The zero-order valence-electron chi connectivity index (χ0n) is 11.8. The summed E-state index contributed by atoms with van der Waals surface area (Å²) < 4.78 is 5.17. The van der Waals surface area contributed by atoms with Gasteiger partial charge in [0.05, 0.1) is 17.2 Å². The molecule has 0 aliphatic carbocycles. The first-order valence-corrected chi connectivity index (χ1v) is 7.72. The lowest BCUT2D eigenvalue weighted by Crippen LogP contribution is -2.12. The van der Waals surface area contributed by atoms with Gasteiger partial charge in [0.25, 0.3) is 0 Å². The number of ether oxygens (including phenoxy) is 1. The maximum absolute atomic E-state index is 6.32. The molecule has 0 saturated heterocycles. The molecule has 0 bridgehead atoms. The molecular formula is C16H16Cl3NO.